The van der Waals surface area contributed by atoms with E-state index in [1.807, 2.05) is 0 Å². The third-order valence-electron chi connectivity index (χ3n) is 2.05. The van der Waals surface area contributed by atoms with Gasteiger partial charge in [-0.2, -0.15) is 0 Å². The first-order valence-electron chi connectivity index (χ1n) is 4.64. The molecule has 1 aliphatic heterocycles. The molecule has 2 heteroatoms. The highest BCUT2D eigenvalue weighted by Gasteiger charge is 2.08. The number of aliphatic imine (C=N–C) groups is 1. The largest absolute Gasteiger partial charge is 0.484 e. The number of ether oxygens (including phenoxy) is 1. The highest BCUT2D eigenvalue weighted by atomic mass is 16.5. The summed E-state index contributed by atoms with van der Waals surface area (Å²) >= 11 is 0. The predicted octanol–water partition coefficient (Wildman–Crippen LogP) is 2.55. The molecule has 1 unspecified atom stereocenters. The summed E-state index contributed by atoms with van der Waals surface area (Å²) in [5.41, 5.74) is 0. The van der Waals surface area contributed by atoms with E-state index in [-0.39, 0.29) is 0 Å². The molecule has 1 atom stereocenters. The molecule has 0 bridgehead atoms. The minimum Gasteiger partial charge on any atom is -0.484 e. The minimum absolute atomic E-state index is 0.369. The van der Waals surface area contributed by atoms with Crippen molar-refractivity contribution in [3.63, 3.8) is 0 Å². The fourth-order valence-corrected chi connectivity index (χ4v) is 1.32. The summed E-state index contributed by atoms with van der Waals surface area (Å²) in [7, 11) is 1.69. The Labute approximate surface area is 74.3 Å². The molecule has 0 amide bonds. The van der Waals surface area contributed by atoms with E-state index in [4.69, 9.17) is 4.74 Å². The van der Waals surface area contributed by atoms with Gasteiger partial charge in [0.05, 0.1) is 13.2 Å². The van der Waals surface area contributed by atoms with Gasteiger partial charge in [-0.25, -0.2) is 4.99 Å². The molecule has 0 saturated heterocycles. The topological polar surface area (TPSA) is 21.6 Å². The summed E-state index contributed by atoms with van der Waals surface area (Å²) < 4.78 is 5.10. The molecule has 0 aromatic carbocycles. The molecule has 2 nitrogen and oxygen atoms in total. The molecule has 1 heterocycles. The van der Waals surface area contributed by atoms with Gasteiger partial charge >= 0.3 is 0 Å². The molecule has 0 N–H and O–H groups in total. The molecule has 0 aromatic rings. The van der Waals surface area contributed by atoms with Gasteiger partial charge in [0, 0.05) is 6.42 Å². The standard InChI is InChI=1S/C10H17NO/c1-3-4-6-9-7-5-8-10(11-9)12-2/h5,7,9H,3-4,6,8H2,1-2H3. The molecule has 1 rings (SSSR count). The van der Waals surface area contributed by atoms with Gasteiger partial charge < -0.3 is 4.74 Å². The van der Waals surface area contributed by atoms with Crippen LogP contribution in [0.15, 0.2) is 17.1 Å². The van der Waals surface area contributed by atoms with Gasteiger partial charge in [-0.3, -0.25) is 0 Å². The summed E-state index contributed by atoms with van der Waals surface area (Å²) in [6.45, 7) is 2.20. The van der Waals surface area contributed by atoms with Gasteiger partial charge in [0.1, 0.15) is 0 Å². The maximum Gasteiger partial charge on any atom is 0.187 e. The Balaban J connectivity index is 2.37. The quantitative estimate of drug-likeness (QED) is 0.592. The highest BCUT2D eigenvalue weighted by Crippen LogP contribution is 2.12. The minimum atomic E-state index is 0.369. The zero-order valence-electron chi connectivity index (χ0n) is 7.92. The van der Waals surface area contributed by atoms with E-state index < -0.39 is 0 Å². The van der Waals surface area contributed by atoms with E-state index in [9.17, 15) is 0 Å². The Bertz CT molecular complexity index is 184. The van der Waals surface area contributed by atoms with E-state index in [0.29, 0.717) is 6.04 Å². The van der Waals surface area contributed by atoms with Gasteiger partial charge in [0.2, 0.25) is 0 Å². The van der Waals surface area contributed by atoms with Crippen LogP contribution in [-0.2, 0) is 4.74 Å². The van der Waals surface area contributed by atoms with Crippen molar-refractivity contribution in [2.45, 2.75) is 38.6 Å². The lowest BCUT2D eigenvalue weighted by atomic mass is 10.1. The van der Waals surface area contributed by atoms with E-state index in [1.54, 1.807) is 7.11 Å². The summed E-state index contributed by atoms with van der Waals surface area (Å²) in [6, 6.07) is 0.369. The Kier molecular flexibility index (Phi) is 3.85. The lowest BCUT2D eigenvalue weighted by molar-refractivity contribution is 0.387. The summed E-state index contributed by atoms with van der Waals surface area (Å²) in [5.74, 6) is 0.874. The number of hydrogen-bond acceptors (Lipinski definition) is 2. The summed E-state index contributed by atoms with van der Waals surface area (Å²) in [6.07, 6.45) is 8.82. The van der Waals surface area contributed by atoms with Crippen LogP contribution in [0, 0.1) is 0 Å². The van der Waals surface area contributed by atoms with Crippen LogP contribution in [0.4, 0.5) is 0 Å². The predicted molar refractivity (Wildman–Crippen MR) is 51.5 cm³/mol. The number of dihydropyridines is 1. The second-order valence-corrected chi connectivity index (χ2v) is 3.07. The molecule has 0 fully saturated rings. The van der Waals surface area contributed by atoms with E-state index in [1.165, 1.54) is 12.8 Å². The third kappa shape index (κ3) is 2.68. The fraction of sp³-hybridized carbons (Fsp3) is 0.700. The van der Waals surface area contributed by atoms with Crippen molar-refractivity contribution in [1.29, 1.82) is 0 Å². The monoisotopic (exact) mass is 167 g/mol. The normalized spacial score (nSPS) is 22.2. The molecule has 12 heavy (non-hydrogen) atoms. The first kappa shape index (κ1) is 9.30. The highest BCUT2D eigenvalue weighted by molar-refractivity contribution is 5.78. The second-order valence-electron chi connectivity index (χ2n) is 3.07. The maximum atomic E-state index is 5.10. The van der Waals surface area contributed by atoms with Crippen molar-refractivity contribution in [3.8, 4) is 0 Å². The van der Waals surface area contributed by atoms with Crippen LogP contribution in [0.5, 0.6) is 0 Å². The molecule has 1 aliphatic rings. The molecule has 0 aromatic heterocycles. The Morgan fingerprint density at radius 1 is 1.67 bits per heavy atom. The SMILES string of the molecule is CCCCC1C=CCC(OC)=N1. The Hall–Kier alpha value is -0.790. The first-order chi connectivity index (χ1) is 5.86. The van der Waals surface area contributed by atoms with Crippen molar-refractivity contribution in [3.05, 3.63) is 12.2 Å². The van der Waals surface area contributed by atoms with Crippen molar-refractivity contribution in [2.24, 2.45) is 4.99 Å². The van der Waals surface area contributed by atoms with Crippen molar-refractivity contribution < 1.29 is 4.74 Å². The van der Waals surface area contributed by atoms with Gasteiger partial charge in [-0.15, -0.1) is 0 Å². The van der Waals surface area contributed by atoms with Crippen LogP contribution in [0.2, 0.25) is 0 Å². The molecule has 68 valence electrons. The summed E-state index contributed by atoms with van der Waals surface area (Å²) in [4.78, 5) is 4.45. The number of hydrogen-bond donors (Lipinski definition) is 0. The Morgan fingerprint density at radius 3 is 3.17 bits per heavy atom. The van der Waals surface area contributed by atoms with Crippen LogP contribution >= 0.6 is 0 Å². The molecule has 0 spiro atoms. The van der Waals surface area contributed by atoms with E-state index in [0.717, 1.165) is 18.7 Å². The van der Waals surface area contributed by atoms with Crippen LogP contribution in [0.25, 0.3) is 0 Å². The maximum absolute atomic E-state index is 5.10. The number of nitrogens with zero attached hydrogens (tertiary/aromatic N) is 1. The second kappa shape index (κ2) is 4.96. The average Bonchev–Trinajstić information content (AvgIpc) is 2.15. The van der Waals surface area contributed by atoms with Gasteiger partial charge in [0.15, 0.2) is 5.90 Å². The zero-order valence-corrected chi connectivity index (χ0v) is 7.92. The Morgan fingerprint density at radius 2 is 2.50 bits per heavy atom. The number of unbranched alkanes of at least 4 members (excludes halogenated alkanes) is 1. The van der Waals surface area contributed by atoms with Crippen LogP contribution in [-0.4, -0.2) is 19.0 Å². The third-order valence-corrected chi connectivity index (χ3v) is 2.05. The van der Waals surface area contributed by atoms with E-state index >= 15 is 0 Å². The average molecular weight is 167 g/mol. The van der Waals surface area contributed by atoms with Crippen LogP contribution in [0.3, 0.4) is 0 Å². The van der Waals surface area contributed by atoms with Crippen molar-refractivity contribution in [1.82, 2.24) is 0 Å². The van der Waals surface area contributed by atoms with Crippen molar-refractivity contribution >= 4 is 5.90 Å². The lowest BCUT2D eigenvalue weighted by Crippen LogP contribution is -2.12. The molecule has 0 radical (unpaired) electrons. The zero-order chi connectivity index (χ0) is 8.81. The number of rotatable bonds is 3. The van der Waals surface area contributed by atoms with E-state index in [2.05, 4.69) is 24.1 Å². The molecule has 0 aliphatic carbocycles. The molecular weight excluding hydrogens is 150 g/mol. The molecular formula is C10H17NO. The molecule has 0 saturated carbocycles. The smallest absolute Gasteiger partial charge is 0.187 e. The van der Waals surface area contributed by atoms with Gasteiger partial charge in [-0.05, 0) is 6.42 Å². The van der Waals surface area contributed by atoms with Crippen LogP contribution < -0.4 is 0 Å². The number of methoxy groups -OCH3 is 1. The van der Waals surface area contributed by atoms with Crippen LogP contribution in [0.1, 0.15) is 32.6 Å². The first-order valence-corrected chi connectivity index (χ1v) is 4.64. The fourth-order valence-electron chi connectivity index (χ4n) is 1.32. The lowest BCUT2D eigenvalue weighted by Gasteiger charge is -2.13. The van der Waals surface area contributed by atoms with Crippen molar-refractivity contribution in [2.75, 3.05) is 7.11 Å². The van der Waals surface area contributed by atoms with Gasteiger partial charge in [0.25, 0.3) is 0 Å². The van der Waals surface area contributed by atoms with Gasteiger partial charge in [-0.1, -0.05) is 31.9 Å². The summed E-state index contributed by atoms with van der Waals surface area (Å²) in [5, 5.41) is 0.